The van der Waals surface area contributed by atoms with Crippen molar-refractivity contribution in [2.75, 3.05) is 18.0 Å². The predicted octanol–water partition coefficient (Wildman–Crippen LogP) is 2.91. The van der Waals surface area contributed by atoms with E-state index in [2.05, 4.69) is 16.8 Å². The minimum absolute atomic E-state index is 0.108. The number of piperidine rings is 1. The van der Waals surface area contributed by atoms with Gasteiger partial charge in [0, 0.05) is 24.8 Å². The van der Waals surface area contributed by atoms with E-state index < -0.39 is 0 Å². The van der Waals surface area contributed by atoms with Crippen LogP contribution in [0.2, 0.25) is 0 Å². The van der Waals surface area contributed by atoms with Crippen LogP contribution < -0.4 is 4.90 Å². The molecule has 3 nitrogen and oxygen atoms in total. The molecule has 1 aromatic rings. The maximum absolute atomic E-state index is 11.3. The monoisotopic (exact) mass is 232 g/mol. The topological polar surface area (TPSA) is 33.2 Å². The zero-order valence-corrected chi connectivity index (χ0v) is 10.6. The van der Waals surface area contributed by atoms with E-state index in [-0.39, 0.29) is 5.78 Å². The van der Waals surface area contributed by atoms with Crippen molar-refractivity contribution in [2.45, 2.75) is 33.1 Å². The number of anilines is 1. The van der Waals surface area contributed by atoms with Gasteiger partial charge in [0.25, 0.3) is 0 Å². The highest BCUT2D eigenvalue weighted by Crippen LogP contribution is 2.24. The first kappa shape index (κ1) is 12.1. The third-order valence-corrected chi connectivity index (χ3v) is 3.67. The van der Waals surface area contributed by atoms with E-state index in [1.807, 2.05) is 6.07 Å². The lowest BCUT2D eigenvalue weighted by Crippen LogP contribution is -2.34. The molecule has 0 bridgehead atoms. The Morgan fingerprint density at radius 2 is 2.18 bits per heavy atom. The second-order valence-electron chi connectivity index (χ2n) is 4.80. The van der Waals surface area contributed by atoms with Crippen LogP contribution in [0.1, 0.15) is 43.5 Å². The average Bonchev–Trinajstić information content (AvgIpc) is 2.39. The third-order valence-electron chi connectivity index (χ3n) is 3.67. The Hall–Kier alpha value is -1.38. The van der Waals surface area contributed by atoms with E-state index in [1.54, 1.807) is 19.2 Å². The smallest absolute Gasteiger partial charge is 0.159 e. The molecule has 1 aromatic heterocycles. The zero-order chi connectivity index (χ0) is 12.3. The summed E-state index contributed by atoms with van der Waals surface area (Å²) in [6.45, 7) is 5.98. The molecule has 1 aliphatic heterocycles. The van der Waals surface area contributed by atoms with Gasteiger partial charge < -0.3 is 4.90 Å². The van der Waals surface area contributed by atoms with Gasteiger partial charge in [0.05, 0.1) is 0 Å². The van der Waals surface area contributed by atoms with Crippen molar-refractivity contribution in [2.24, 2.45) is 5.92 Å². The molecule has 0 N–H and O–H groups in total. The summed E-state index contributed by atoms with van der Waals surface area (Å²) < 4.78 is 0. The summed E-state index contributed by atoms with van der Waals surface area (Å²) in [5.74, 6) is 1.92. The van der Waals surface area contributed by atoms with Gasteiger partial charge in [0.15, 0.2) is 5.78 Å². The van der Waals surface area contributed by atoms with E-state index in [1.165, 1.54) is 19.3 Å². The number of rotatable bonds is 3. The summed E-state index contributed by atoms with van der Waals surface area (Å²) in [6, 6.07) is 3.69. The van der Waals surface area contributed by atoms with E-state index in [4.69, 9.17) is 0 Å². The quantitative estimate of drug-likeness (QED) is 0.751. The molecule has 17 heavy (non-hydrogen) atoms. The van der Waals surface area contributed by atoms with Gasteiger partial charge in [-0.2, -0.15) is 0 Å². The maximum Gasteiger partial charge on any atom is 0.159 e. The normalized spacial score (nSPS) is 17.2. The number of hydrogen-bond acceptors (Lipinski definition) is 3. The number of Topliss-reactive ketones (excluding diaryl/α,β-unsaturated/α-hetero) is 1. The summed E-state index contributed by atoms with van der Waals surface area (Å²) in [7, 11) is 0. The molecule has 1 fully saturated rings. The van der Waals surface area contributed by atoms with Crippen molar-refractivity contribution in [3.05, 3.63) is 23.9 Å². The second kappa shape index (κ2) is 5.30. The number of carbonyl (C=O) groups is 1. The van der Waals surface area contributed by atoms with Crippen LogP contribution in [0.5, 0.6) is 0 Å². The lowest BCUT2D eigenvalue weighted by molar-refractivity contribution is 0.101. The Morgan fingerprint density at radius 1 is 1.47 bits per heavy atom. The fourth-order valence-electron chi connectivity index (χ4n) is 2.38. The van der Waals surface area contributed by atoms with Gasteiger partial charge in [0.1, 0.15) is 5.82 Å². The summed E-state index contributed by atoms with van der Waals surface area (Å²) in [5.41, 5.74) is 0.757. The van der Waals surface area contributed by atoms with Crippen LogP contribution in [0.3, 0.4) is 0 Å². The summed E-state index contributed by atoms with van der Waals surface area (Å²) in [4.78, 5) is 18.0. The first-order chi connectivity index (χ1) is 8.20. The molecule has 0 aliphatic carbocycles. The lowest BCUT2D eigenvalue weighted by Gasteiger charge is -2.32. The molecule has 1 saturated heterocycles. The molecule has 0 amide bonds. The minimum atomic E-state index is 0.108. The molecule has 0 radical (unpaired) electrons. The molecular weight excluding hydrogens is 212 g/mol. The number of ketones is 1. The average molecular weight is 232 g/mol. The predicted molar refractivity (Wildman–Crippen MR) is 69.5 cm³/mol. The van der Waals surface area contributed by atoms with Crippen molar-refractivity contribution >= 4 is 11.6 Å². The molecular formula is C14H20N2O. The van der Waals surface area contributed by atoms with Crippen molar-refractivity contribution in [3.63, 3.8) is 0 Å². The summed E-state index contributed by atoms with van der Waals surface area (Å²) in [6.07, 6.45) is 5.48. The largest absolute Gasteiger partial charge is 0.357 e. The highest BCUT2D eigenvalue weighted by atomic mass is 16.1. The number of aromatic nitrogens is 1. The molecule has 0 unspecified atom stereocenters. The Bertz CT molecular complexity index is 395. The number of nitrogens with zero attached hydrogens (tertiary/aromatic N) is 2. The molecule has 1 aliphatic rings. The SMILES string of the molecule is CCC1CCN(c2cc(C(C)=O)ccn2)CC1. The molecule has 0 spiro atoms. The van der Waals surface area contributed by atoms with Crippen LogP contribution >= 0.6 is 0 Å². The molecule has 92 valence electrons. The van der Waals surface area contributed by atoms with Gasteiger partial charge in [-0.3, -0.25) is 4.79 Å². The summed E-state index contributed by atoms with van der Waals surface area (Å²) >= 11 is 0. The standard InChI is InChI=1S/C14H20N2O/c1-3-12-5-8-16(9-6-12)14-10-13(11(2)17)4-7-15-14/h4,7,10,12H,3,5-6,8-9H2,1-2H3. The van der Waals surface area contributed by atoms with Crippen molar-refractivity contribution < 1.29 is 4.79 Å². The Kier molecular flexibility index (Phi) is 3.77. The van der Waals surface area contributed by atoms with E-state index in [9.17, 15) is 4.79 Å². The van der Waals surface area contributed by atoms with Crippen LogP contribution in [-0.4, -0.2) is 23.9 Å². The first-order valence-corrected chi connectivity index (χ1v) is 6.42. The second-order valence-corrected chi connectivity index (χ2v) is 4.80. The van der Waals surface area contributed by atoms with Gasteiger partial charge in [-0.05, 0) is 37.8 Å². The molecule has 0 saturated carbocycles. The van der Waals surface area contributed by atoms with Gasteiger partial charge in [-0.25, -0.2) is 4.98 Å². The Labute approximate surface area is 103 Å². The molecule has 2 rings (SSSR count). The van der Waals surface area contributed by atoms with Crippen molar-refractivity contribution in [3.8, 4) is 0 Å². The lowest BCUT2D eigenvalue weighted by atomic mass is 9.94. The maximum atomic E-state index is 11.3. The fourth-order valence-corrected chi connectivity index (χ4v) is 2.38. The van der Waals surface area contributed by atoms with E-state index >= 15 is 0 Å². The molecule has 0 aromatic carbocycles. The van der Waals surface area contributed by atoms with Gasteiger partial charge in [0.2, 0.25) is 0 Å². The third kappa shape index (κ3) is 2.84. The molecule has 0 atom stereocenters. The molecule has 3 heteroatoms. The minimum Gasteiger partial charge on any atom is -0.357 e. The number of pyridine rings is 1. The zero-order valence-electron chi connectivity index (χ0n) is 10.6. The van der Waals surface area contributed by atoms with Crippen LogP contribution in [0.4, 0.5) is 5.82 Å². The van der Waals surface area contributed by atoms with Crippen LogP contribution in [-0.2, 0) is 0 Å². The van der Waals surface area contributed by atoms with E-state index in [0.29, 0.717) is 0 Å². The Morgan fingerprint density at radius 3 is 2.76 bits per heavy atom. The van der Waals surface area contributed by atoms with Crippen LogP contribution in [0.15, 0.2) is 18.3 Å². The first-order valence-electron chi connectivity index (χ1n) is 6.42. The fraction of sp³-hybridized carbons (Fsp3) is 0.571. The molecule has 2 heterocycles. The van der Waals surface area contributed by atoms with Gasteiger partial charge in [-0.15, -0.1) is 0 Å². The highest BCUT2D eigenvalue weighted by Gasteiger charge is 2.19. The van der Waals surface area contributed by atoms with Crippen LogP contribution in [0, 0.1) is 5.92 Å². The highest BCUT2D eigenvalue weighted by molar-refractivity contribution is 5.94. The van der Waals surface area contributed by atoms with E-state index in [0.717, 1.165) is 30.4 Å². The van der Waals surface area contributed by atoms with Crippen molar-refractivity contribution in [1.82, 2.24) is 4.98 Å². The Balaban J connectivity index is 2.08. The van der Waals surface area contributed by atoms with Crippen LogP contribution in [0.25, 0.3) is 0 Å². The number of hydrogen-bond donors (Lipinski definition) is 0. The van der Waals surface area contributed by atoms with Gasteiger partial charge in [-0.1, -0.05) is 13.3 Å². The van der Waals surface area contributed by atoms with Gasteiger partial charge >= 0.3 is 0 Å². The number of carbonyl (C=O) groups excluding carboxylic acids is 1. The summed E-state index contributed by atoms with van der Waals surface area (Å²) in [5, 5.41) is 0. The van der Waals surface area contributed by atoms with Crippen molar-refractivity contribution in [1.29, 1.82) is 0 Å².